The van der Waals surface area contributed by atoms with Crippen molar-refractivity contribution in [1.29, 1.82) is 0 Å². The van der Waals surface area contributed by atoms with E-state index < -0.39 is 21.9 Å². The summed E-state index contributed by atoms with van der Waals surface area (Å²) in [6.45, 7) is 0.407. The molecule has 0 saturated carbocycles. The zero-order valence-corrected chi connectivity index (χ0v) is 24.9. The standard InChI is InChI=1S/C33H33N3O7S/c1-43-25-8-6-7-24(21-25)22-35-32(39)29-11-4-2-9-27(29)28-10-3-5-12-30(28)33(40)36(20-18-31(37)38)19-17-23-13-15-26(16-14-23)44(34,41)42/h2-16,21H,17-20,22H2,1H3,(H,35,39)(H,37,38)(H2,34,41,42). The van der Waals surface area contributed by atoms with Gasteiger partial charge in [-0.15, -0.1) is 0 Å². The summed E-state index contributed by atoms with van der Waals surface area (Å²) < 4.78 is 28.4. The number of methoxy groups -OCH3 is 1. The zero-order valence-electron chi connectivity index (χ0n) is 24.1. The fraction of sp³-hybridized carbons (Fsp3) is 0.182. The Bertz CT molecular complexity index is 1760. The molecule has 4 N–H and O–H groups in total. The number of hydrogen-bond donors (Lipinski definition) is 3. The van der Waals surface area contributed by atoms with Crippen LogP contribution in [0.5, 0.6) is 5.75 Å². The van der Waals surface area contributed by atoms with Crippen LogP contribution in [-0.2, 0) is 27.8 Å². The number of nitrogens with zero attached hydrogens (tertiary/aromatic N) is 1. The highest BCUT2D eigenvalue weighted by Gasteiger charge is 2.23. The molecule has 0 saturated heterocycles. The molecule has 0 aliphatic rings. The molecule has 0 fully saturated rings. The summed E-state index contributed by atoms with van der Waals surface area (Å²) in [6.07, 6.45) is 0.0865. The first-order valence-corrected chi connectivity index (χ1v) is 15.3. The number of amides is 2. The summed E-state index contributed by atoms with van der Waals surface area (Å²) in [5.41, 5.74) is 3.38. The maximum absolute atomic E-state index is 13.9. The molecule has 0 aliphatic carbocycles. The third-order valence-corrected chi connectivity index (χ3v) is 7.94. The number of ether oxygens (including phenoxy) is 1. The number of carboxylic acids is 1. The number of carboxylic acid groups (broad SMARTS) is 1. The third kappa shape index (κ3) is 8.30. The number of primary sulfonamides is 1. The highest BCUT2D eigenvalue weighted by atomic mass is 32.2. The minimum atomic E-state index is -3.84. The van der Waals surface area contributed by atoms with Crippen molar-refractivity contribution < 1.29 is 32.6 Å². The molecule has 2 amide bonds. The Morgan fingerprint density at radius 1 is 0.818 bits per heavy atom. The summed E-state index contributed by atoms with van der Waals surface area (Å²) >= 11 is 0. The van der Waals surface area contributed by atoms with Crippen LogP contribution in [0, 0.1) is 0 Å². The van der Waals surface area contributed by atoms with Crippen LogP contribution in [0.1, 0.15) is 38.3 Å². The van der Waals surface area contributed by atoms with E-state index in [0.717, 1.165) is 11.1 Å². The Balaban J connectivity index is 1.59. The van der Waals surface area contributed by atoms with Crippen LogP contribution in [0.2, 0.25) is 0 Å². The van der Waals surface area contributed by atoms with Gasteiger partial charge in [-0.25, -0.2) is 13.6 Å². The second-order valence-electron chi connectivity index (χ2n) is 10.0. The van der Waals surface area contributed by atoms with Crippen molar-refractivity contribution >= 4 is 27.8 Å². The van der Waals surface area contributed by atoms with Gasteiger partial charge in [0.2, 0.25) is 10.0 Å². The third-order valence-electron chi connectivity index (χ3n) is 7.01. The maximum atomic E-state index is 13.9. The van der Waals surface area contributed by atoms with Crippen LogP contribution >= 0.6 is 0 Å². The summed E-state index contributed by atoms with van der Waals surface area (Å²) in [5, 5.41) is 17.5. The van der Waals surface area contributed by atoms with E-state index in [1.54, 1.807) is 67.8 Å². The van der Waals surface area contributed by atoms with Gasteiger partial charge in [0.25, 0.3) is 11.8 Å². The predicted molar refractivity (Wildman–Crippen MR) is 166 cm³/mol. The van der Waals surface area contributed by atoms with Crippen LogP contribution in [0.15, 0.2) is 102 Å². The number of aliphatic carboxylic acids is 1. The molecule has 4 rings (SSSR count). The van der Waals surface area contributed by atoms with E-state index in [1.807, 2.05) is 24.3 Å². The summed E-state index contributed by atoms with van der Waals surface area (Å²) in [5.74, 6) is -1.09. The van der Waals surface area contributed by atoms with Crippen LogP contribution < -0.4 is 15.2 Å². The smallest absolute Gasteiger partial charge is 0.305 e. The lowest BCUT2D eigenvalue weighted by Gasteiger charge is -2.24. The molecule has 0 bridgehead atoms. The number of sulfonamides is 1. The molecule has 44 heavy (non-hydrogen) atoms. The van der Waals surface area contributed by atoms with E-state index in [4.69, 9.17) is 9.88 Å². The molecular formula is C33H33N3O7S. The van der Waals surface area contributed by atoms with Crippen molar-refractivity contribution in [3.05, 3.63) is 119 Å². The molecule has 0 heterocycles. The Morgan fingerprint density at radius 2 is 1.45 bits per heavy atom. The number of benzene rings is 4. The summed E-state index contributed by atoms with van der Waals surface area (Å²) in [6, 6.07) is 27.2. The van der Waals surface area contributed by atoms with E-state index in [1.165, 1.54) is 17.0 Å². The highest BCUT2D eigenvalue weighted by Crippen LogP contribution is 2.29. The molecule has 10 nitrogen and oxygen atoms in total. The average molecular weight is 616 g/mol. The van der Waals surface area contributed by atoms with Crippen molar-refractivity contribution in [2.45, 2.75) is 24.3 Å². The second-order valence-corrected chi connectivity index (χ2v) is 11.6. The van der Waals surface area contributed by atoms with Crippen molar-refractivity contribution in [3.63, 3.8) is 0 Å². The Kier molecular flexibility index (Phi) is 10.5. The van der Waals surface area contributed by atoms with Gasteiger partial charge >= 0.3 is 5.97 Å². The van der Waals surface area contributed by atoms with Crippen LogP contribution in [-0.4, -0.2) is 56.4 Å². The molecule has 0 spiro atoms. The van der Waals surface area contributed by atoms with E-state index >= 15 is 0 Å². The van der Waals surface area contributed by atoms with E-state index in [0.29, 0.717) is 34.4 Å². The fourth-order valence-electron chi connectivity index (χ4n) is 4.71. The number of carbonyl (C=O) groups is 3. The highest BCUT2D eigenvalue weighted by molar-refractivity contribution is 7.89. The van der Waals surface area contributed by atoms with Crippen LogP contribution in [0.4, 0.5) is 0 Å². The Hall–Kier alpha value is -5.00. The molecule has 0 atom stereocenters. The maximum Gasteiger partial charge on any atom is 0.305 e. The molecule has 228 valence electrons. The predicted octanol–water partition coefficient (Wildman–Crippen LogP) is 4.10. The lowest BCUT2D eigenvalue weighted by molar-refractivity contribution is -0.137. The monoisotopic (exact) mass is 615 g/mol. The molecule has 11 heteroatoms. The SMILES string of the molecule is COc1cccc(CNC(=O)c2ccccc2-c2ccccc2C(=O)N(CCC(=O)O)CCc2ccc(S(N)(=O)=O)cc2)c1. The molecule has 4 aromatic rings. The lowest BCUT2D eigenvalue weighted by atomic mass is 9.94. The Morgan fingerprint density at radius 3 is 2.09 bits per heavy atom. The summed E-state index contributed by atoms with van der Waals surface area (Å²) in [4.78, 5) is 40.1. The molecule has 0 aromatic heterocycles. The number of hydrogen-bond acceptors (Lipinski definition) is 6. The van der Waals surface area contributed by atoms with Gasteiger partial charge in [-0.05, 0) is 65.1 Å². The van der Waals surface area contributed by atoms with Gasteiger partial charge < -0.3 is 20.1 Å². The quantitative estimate of drug-likeness (QED) is 0.204. The van der Waals surface area contributed by atoms with E-state index in [2.05, 4.69) is 5.32 Å². The molecule has 0 unspecified atom stereocenters. The Labute approximate surface area is 256 Å². The average Bonchev–Trinajstić information content (AvgIpc) is 3.03. The van der Waals surface area contributed by atoms with Crippen LogP contribution in [0.3, 0.4) is 0 Å². The second kappa shape index (κ2) is 14.5. The normalized spacial score (nSPS) is 11.0. The summed E-state index contributed by atoms with van der Waals surface area (Å²) in [7, 11) is -2.27. The van der Waals surface area contributed by atoms with Crippen molar-refractivity contribution in [2.24, 2.45) is 5.14 Å². The van der Waals surface area contributed by atoms with Gasteiger partial charge in [0.1, 0.15) is 5.75 Å². The van der Waals surface area contributed by atoms with Gasteiger partial charge in [-0.2, -0.15) is 0 Å². The lowest BCUT2D eigenvalue weighted by Crippen LogP contribution is -2.35. The van der Waals surface area contributed by atoms with Gasteiger partial charge in [0, 0.05) is 30.8 Å². The van der Waals surface area contributed by atoms with E-state index in [9.17, 15) is 27.9 Å². The molecular weight excluding hydrogens is 582 g/mol. The van der Waals surface area contributed by atoms with Gasteiger partial charge in [0.15, 0.2) is 0 Å². The minimum Gasteiger partial charge on any atom is -0.497 e. The van der Waals surface area contributed by atoms with Gasteiger partial charge in [-0.1, -0.05) is 60.7 Å². The minimum absolute atomic E-state index is 0.0276. The number of nitrogens with one attached hydrogen (secondary N) is 1. The topological polar surface area (TPSA) is 156 Å². The molecule has 0 radical (unpaired) electrons. The number of carbonyl (C=O) groups excluding carboxylic acids is 2. The fourth-order valence-corrected chi connectivity index (χ4v) is 5.22. The molecule has 0 aliphatic heterocycles. The molecule has 4 aromatic carbocycles. The van der Waals surface area contributed by atoms with Crippen molar-refractivity contribution in [2.75, 3.05) is 20.2 Å². The van der Waals surface area contributed by atoms with Gasteiger partial charge in [0.05, 0.1) is 18.4 Å². The van der Waals surface area contributed by atoms with E-state index in [-0.39, 0.29) is 36.9 Å². The number of nitrogens with two attached hydrogens (primary N) is 1. The first kappa shape index (κ1) is 31.9. The van der Waals surface area contributed by atoms with Crippen molar-refractivity contribution in [3.8, 4) is 16.9 Å². The first-order valence-electron chi connectivity index (χ1n) is 13.8. The first-order chi connectivity index (χ1) is 21.1. The number of rotatable bonds is 13. The van der Waals surface area contributed by atoms with Crippen LogP contribution in [0.25, 0.3) is 11.1 Å². The largest absolute Gasteiger partial charge is 0.497 e. The van der Waals surface area contributed by atoms with Gasteiger partial charge in [-0.3, -0.25) is 14.4 Å². The zero-order chi connectivity index (χ0) is 31.7. The van der Waals surface area contributed by atoms with Crippen molar-refractivity contribution in [1.82, 2.24) is 10.2 Å².